The summed E-state index contributed by atoms with van der Waals surface area (Å²) in [4.78, 5) is 19.2. The number of likely N-dealkylation sites (N-methyl/N-ethyl adjacent to an activating group) is 1. The minimum Gasteiger partial charge on any atom is -0.329 e. The lowest BCUT2D eigenvalue weighted by Gasteiger charge is -2.13. The maximum atomic E-state index is 12.6. The molecule has 6 heteroatoms. The number of aromatic nitrogens is 4. The monoisotopic (exact) mass is 447 g/mol. The van der Waals surface area contributed by atoms with Crippen molar-refractivity contribution in [2.24, 2.45) is 0 Å². The number of fused-ring (bicyclic) bond motifs is 1. The highest BCUT2D eigenvalue weighted by Crippen LogP contribution is 2.27. The van der Waals surface area contributed by atoms with E-state index in [2.05, 4.69) is 84.9 Å². The van der Waals surface area contributed by atoms with Gasteiger partial charge in [-0.2, -0.15) is 0 Å². The highest BCUT2D eigenvalue weighted by molar-refractivity contribution is 5.82. The Bertz CT molecular complexity index is 1260. The Labute approximate surface area is 197 Å². The van der Waals surface area contributed by atoms with Crippen LogP contribution in [0.3, 0.4) is 0 Å². The first-order valence-electron chi connectivity index (χ1n) is 11.7. The number of aryl methyl sites for hydroxylation is 5. The molecule has 0 aliphatic rings. The molecule has 4 aromatic rings. The molecule has 0 radical (unpaired) electrons. The topological polar surface area (TPSA) is 48.0 Å². The zero-order valence-corrected chi connectivity index (χ0v) is 21.1. The van der Waals surface area contributed by atoms with E-state index in [0.29, 0.717) is 13.1 Å². The molecule has 0 saturated carbocycles. The second-order valence-electron chi connectivity index (χ2n) is 8.81. The van der Waals surface area contributed by atoms with Crippen molar-refractivity contribution < 1.29 is 0 Å². The van der Waals surface area contributed by atoms with Gasteiger partial charge in [0.2, 0.25) is 0 Å². The molecule has 4 rings (SSSR count). The molecular formula is C27H37N5O. The molecule has 0 bridgehead atoms. The third kappa shape index (κ3) is 5.45. The van der Waals surface area contributed by atoms with Gasteiger partial charge in [-0.1, -0.05) is 41.5 Å². The van der Waals surface area contributed by atoms with E-state index >= 15 is 0 Å². The van der Waals surface area contributed by atoms with E-state index in [9.17, 15) is 4.79 Å². The van der Waals surface area contributed by atoms with Crippen molar-refractivity contribution in [3.8, 4) is 11.3 Å². The van der Waals surface area contributed by atoms with Gasteiger partial charge < -0.3 is 9.47 Å². The van der Waals surface area contributed by atoms with Crippen LogP contribution in [-0.4, -0.2) is 44.2 Å². The van der Waals surface area contributed by atoms with Crippen LogP contribution in [0.5, 0.6) is 0 Å². The molecule has 0 aliphatic carbocycles. The van der Waals surface area contributed by atoms with Crippen LogP contribution in [-0.2, 0) is 19.6 Å². The third-order valence-corrected chi connectivity index (χ3v) is 5.91. The van der Waals surface area contributed by atoms with Gasteiger partial charge in [-0.05, 0) is 60.8 Å². The van der Waals surface area contributed by atoms with Gasteiger partial charge in [0.05, 0.1) is 28.7 Å². The van der Waals surface area contributed by atoms with Crippen LogP contribution in [0, 0.1) is 20.8 Å². The zero-order valence-electron chi connectivity index (χ0n) is 21.1. The maximum Gasteiger partial charge on any atom is 0.329 e. The molecule has 0 aliphatic heterocycles. The number of hydrogen-bond donors (Lipinski definition) is 0. The lowest BCUT2D eigenvalue weighted by molar-refractivity contribution is 0.384. The lowest BCUT2D eigenvalue weighted by Crippen LogP contribution is -2.23. The smallest absolute Gasteiger partial charge is 0.329 e. The third-order valence-electron chi connectivity index (χ3n) is 5.91. The fourth-order valence-electron chi connectivity index (χ4n) is 4.22. The summed E-state index contributed by atoms with van der Waals surface area (Å²) < 4.78 is 5.87. The van der Waals surface area contributed by atoms with E-state index in [4.69, 9.17) is 0 Å². The Morgan fingerprint density at radius 3 is 2.06 bits per heavy atom. The lowest BCUT2D eigenvalue weighted by atomic mass is 10.1. The van der Waals surface area contributed by atoms with E-state index in [1.54, 1.807) is 0 Å². The highest BCUT2D eigenvalue weighted by Gasteiger charge is 2.15. The summed E-state index contributed by atoms with van der Waals surface area (Å²) in [5.74, 6) is 0. The Morgan fingerprint density at radius 2 is 1.52 bits per heavy atom. The van der Waals surface area contributed by atoms with Crippen molar-refractivity contribution in [3.05, 3.63) is 76.1 Å². The average Bonchev–Trinajstić information content (AvgIpc) is 3.27. The predicted octanol–water partition coefficient (Wildman–Crippen LogP) is 4.88. The number of benzene rings is 2. The standard InChI is InChI=1S/C19H27N5O.C8H10/c1-6-23-16-9-8-15(12-17(16)24(7-2)19(23)25)18-14(3)20-13-22(18)11-10-21(4)5;1-7-4-3-5-8(2)6-7/h8-9,12-13H,6-7,10-11H2,1-5H3;3-6H,1-2H3. The first-order valence-corrected chi connectivity index (χ1v) is 11.7. The fourth-order valence-corrected chi connectivity index (χ4v) is 4.22. The molecule has 0 unspecified atom stereocenters. The van der Waals surface area contributed by atoms with Crippen LogP contribution in [0.15, 0.2) is 53.6 Å². The Morgan fingerprint density at radius 1 is 0.879 bits per heavy atom. The molecule has 6 nitrogen and oxygen atoms in total. The first kappa shape index (κ1) is 24.5. The Kier molecular flexibility index (Phi) is 7.92. The molecule has 0 atom stereocenters. The Hall–Kier alpha value is -3.12. The van der Waals surface area contributed by atoms with Crippen molar-refractivity contribution in [3.63, 3.8) is 0 Å². The second-order valence-corrected chi connectivity index (χ2v) is 8.81. The van der Waals surface area contributed by atoms with Gasteiger partial charge in [-0.25, -0.2) is 9.78 Å². The summed E-state index contributed by atoms with van der Waals surface area (Å²) in [6.07, 6.45) is 1.91. The fraction of sp³-hybridized carbons (Fsp3) is 0.407. The van der Waals surface area contributed by atoms with Crippen LogP contribution in [0.2, 0.25) is 0 Å². The largest absolute Gasteiger partial charge is 0.329 e. The molecule has 0 spiro atoms. The summed E-state index contributed by atoms with van der Waals surface area (Å²) in [5.41, 5.74) is 7.98. The first-order chi connectivity index (χ1) is 15.8. The molecule has 0 fully saturated rings. The number of rotatable bonds is 6. The Balaban J connectivity index is 0.000000323. The quantitative estimate of drug-likeness (QED) is 0.423. The van der Waals surface area contributed by atoms with Gasteiger partial charge in [0.1, 0.15) is 0 Å². The van der Waals surface area contributed by atoms with Crippen LogP contribution >= 0.6 is 0 Å². The number of imidazole rings is 2. The van der Waals surface area contributed by atoms with Gasteiger partial charge in [-0.15, -0.1) is 0 Å². The molecule has 33 heavy (non-hydrogen) atoms. The molecule has 0 amide bonds. The predicted molar refractivity (Wildman–Crippen MR) is 138 cm³/mol. The maximum absolute atomic E-state index is 12.6. The van der Waals surface area contributed by atoms with Crippen molar-refractivity contribution >= 4 is 11.0 Å². The molecule has 2 aromatic carbocycles. The molecule has 176 valence electrons. The minimum absolute atomic E-state index is 0.0648. The van der Waals surface area contributed by atoms with E-state index in [0.717, 1.165) is 41.1 Å². The van der Waals surface area contributed by atoms with E-state index in [1.165, 1.54) is 11.1 Å². The summed E-state index contributed by atoms with van der Waals surface area (Å²) in [5, 5.41) is 0. The van der Waals surface area contributed by atoms with Gasteiger partial charge in [-0.3, -0.25) is 9.13 Å². The summed E-state index contributed by atoms with van der Waals surface area (Å²) in [6, 6.07) is 14.7. The molecular weight excluding hydrogens is 410 g/mol. The van der Waals surface area contributed by atoms with E-state index in [1.807, 2.05) is 36.2 Å². The molecule has 2 aromatic heterocycles. The van der Waals surface area contributed by atoms with E-state index < -0.39 is 0 Å². The van der Waals surface area contributed by atoms with Crippen LogP contribution in [0.1, 0.15) is 30.7 Å². The normalized spacial score (nSPS) is 11.2. The summed E-state index contributed by atoms with van der Waals surface area (Å²) in [6.45, 7) is 13.5. The van der Waals surface area contributed by atoms with Crippen molar-refractivity contribution in [1.82, 2.24) is 23.6 Å². The molecule has 2 heterocycles. The summed E-state index contributed by atoms with van der Waals surface area (Å²) in [7, 11) is 4.14. The van der Waals surface area contributed by atoms with Crippen LogP contribution < -0.4 is 5.69 Å². The molecule has 0 saturated heterocycles. The SMILES string of the molecule is CCn1c(=O)n(CC)c2cc(-c3c(C)ncn3CCN(C)C)ccc21.Cc1cccc(C)c1. The van der Waals surface area contributed by atoms with Gasteiger partial charge in [0, 0.05) is 31.7 Å². The highest BCUT2D eigenvalue weighted by atomic mass is 16.1. The zero-order chi connectivity index (χ0) is 24.1. The van der Waals surface area contributed by atoms with Gasteiger partial charge in [0.25, 0.3) is 0 Å². The van der Waals surface area contributed by atoms with Crippen molar-refractivity contribution in [1.29, 1.82) is 0 Å². The minimum atomic E-state index is 0.0648. The molecule has 0 N–H and O–H groups in total. The van der Waals surface area contributed by atoms with Crippen molar-refractivity contribution in [2.45, 2.75) is 54.3 Å². The number of hydrogen-bond acceptors (Lipinski definition) is 3. The van der Waals surface area contributed by atoms with Crippen molar-refractivity contribution in [2.75, 3.05) is 20.6 Å². The van der Waals surface area contributed by atoms with E-state index in [-0.39, 0.29) is 5.69 Å². The van der Waals surface area contributed by atoms with Crippen LogP contribution in [0.25, 0.3) is 22.3 Å². The number of nitrogens with zero attached hydrogens (tertiary/aromatic N) is 5. The van der Waals surface area contributed by atoms with Gasteiger partial charge >= 0.3 is 5.69 Å². The average molecular weight is 448 g/mol. The second kappa shape index (κ2) is 10.7. The van der Waals surface area contributed by atoms with Crippen LogP contribution in [0.4, 0.5) is 0 Å². The summed E-state index contributed by atoms with van der Waals surface area (Å²) >= 11 is 0. The van der Waals surface area contributed by atoms with Gasteiger partial charge in [0.15, 0.2) is 0 Å².